The van der Waals surface area contributed by atoms with E-state index in [1.54, 1.807) is 0 Å². The maximum absolute atomic E-state index is 12.2. The summed E-state index contributed by atoms with van der Waals surface area (Å²) in [5.74, 6) is -0.288. The lowest BCUT2D eigenvalue weighted by atomic mass is 10.1. The number of carbonyl (C=O) groups excluding carboxylic acids is 1. The van der Waals surface area contributed by atoms with Gasteiger partial charge >= 0.3 is 0 Å². The molecule has 0 aromatic heterocycles. The summed E-state index contributed by atoms with van der Waals surface area (Å²) >= 11 is 6.24. The van der Waals surface area contributed by atoms with Crippen LogP contribution in [0.4, 0.5) is 5.69 Å². The van der Waals surface area contributed by atoms with Gasteiger partial charge in [-0.3, -0.25) is 14.9 Å². The molecule has 7 heteroatoms. The average molecular weight is 348 g/mol. The van der Waals surface area contributed by atoms with Crippen LogP contribution in [0.5, 0.6) is 0 Å². The first kappa shape index (κ1) is 17.9. The smallest absolute Gasteiger partial charge is 0.269 e. The van der Waals surface area contributed by atoms with Crippen molar-refractivity contribution in [1.29, 1.82) is 0 Å². The standard InChI is InChI=1S/C17H18ClN3O3/c1-20(2)16(14-5-3-4-6-15(14)18)11-19-17(22)12-7-9-13(10-8-12)21(23)24/h3-10,16H,11H2,1-2H3,(H,19,22). The summed E-state index contributed by atoms with van der Waals surface area (Å²) in [4.78, 5) is 24.4. The van der Waals surface area contributed by atoms with Crippen LogP contribution in [0.3, 0.4) is 0 Å². The molecular weight excluding hydrogens is 330 g/mol. The first-order chi connectivity index (χ1) is 11.4. The summed E-state index contributed by atoms with van der Waals surface area (Å²) in [5.41, 5.74) is 1.25. The second kappa shape index (κ2) is 7.90. The number of nitro groups is 1. The highest BCUT2D eigenvalue weighted by Crippen LogP contribution is 2.25. The van der Waals surface area contributed by atoms with Crippen molar-refractivity contribution in [2.24, 2.45) is 0 Å². The zero-order chi connectivity index (χ0) is 17.7. The molecule has 6 nitrogen and oxygen atoms in total. The zero-order valence-electron chi connectivity index (χ0n) is 13.4. The van der Waals surface area contributed by atoms with E-state index in [1.807, 2.05) is 43.3 Å². The monoisotopic (exact) mass is 347 g/mol. The molecule has 0 saturated heterocycles. The second-order valence-corrected chi connectivity index (χ2v) is 5.92. The van der Waals surface area contributed by atoms with Crippen molar-refractivity contribution in [2.75, 3.05) is 20.6 Å². The molecule has 2 rings (SSSR count). The highest BCUT2D eigenvalue weighted by Gasteiger charge is 2.18. The van der Waals surface area contributed by atoms with E-state index in [0.717, 1.165) is 5.56 Å². The first-order valence-corrected chi connectivity index (χ1v) is 7.71. The average Bonchev–Trinajstić information content (AvgIpc) is 2.56. The first-order valence-electron chi connectivity index (χ1n) is 7.33. The van der Waals surface area contributed by atoms with Crippen LogP contribution in [0.15, 0.2) is 48.5 Å². The number of non-ortho nitro benzene ring substituents is 1. The number of benzene rings is 2. The van der Waals surface area contributed by atoms with E-state index < -0.39 is 4.92 Å². The van der Waals surface area contributed by atoms with Gasteiger partial charge in [-0.25, -0.2) is 0 Å². The number of hydrogen-bond acceptors (Lipinski definition) is 4. The predicted molar refractivity (Wildman–Crippen MR) is 93.3 cm³/mol. The number of hydrogen-bond donors (Lipinski definition) is 1. The number of halogens is 1. The van der Waals surface area contributed by atoms with E-state index >= 15 is 0 Å². The Hall–Kier alpha value is -2.44. The topological polar surface area (TPSA) is 75.5 Å². The Bertz CT molecular complexity index is 732. The Morgan fingerprint density at radius 2 is 1.83 bits per heavy atom. The molecule has 24 heavy (non-hydrogen) atoms. The number of nitrogens with one attached hydrogen (secondary N) is 1. The molecule has 2 aromatic rings. The Morgan fingerprint density at radius 1 is 1.21 bits per heavy atom. The van der Waals surface area contributed by atoms with Crippen LogP contribution >= 0.6 is 11.6 Å². The van der Waals surface area contributed by atoms with Crippen molar-refractivity contribution in [3.8, 4) is 0 Å². The number of nitrogens with zero attached hydrogens (tertiary/aromatic N) is 2. The van der Waals surface area contributed by atoms with Gasteiger partial charge in [0.1, 0.15) is 0 Å². The van der Waals surface area contributed by atoms with Gasteiger partial charge in [0.15, 0.2) is 0 Å². The highest BCUT2D eigenvalue weighted by atomic mass is 35.5. The maximum atomic E-state index is 12.2. The number of likely N-dealkylation sites (N-methyl/N-ethyl adjacent to an activating group) is 1. The fourth-order valence-electron chi connectivity index (χ4n) is 2.34. The van der Waals surface area contributed by atoms with Gasteiger partial charge in [0.05, 0.1) is 11.0 Å². The van der Waals surface area contributed by atoms with Crippen LogP contribution < -0.4 is 5.32 Å². The Morgan fingerprint density at radius 3 is 2.38 bits per heavy atom. The molecule has 126 valence electrons. The molecule has 2 aromatic carbocycles. The summed E-state index contributed by atoms with van der Waals surface area (Å²) in [6.45, 7) is 0.368. The zero-order valence-corrected chi connectivity index (χ0v) is 14.2. The van der Waals surface area contributed by atoms with Crippen LogP contribution in [-0.2, 0) is 0 Å². The molecular formula is C17H18ClN3O3. The van der Waals surface area contributed by atoms with Gasteiger partial charge in [0, 0.05) is 29.3 Å². The lowest BCUT2D eigenvalue weighted by Crippen LogP contribution is -2.34. The maximum Gasteiger partial charge on any atom is 0.269 e. The van der Waals surface area contributed by atoms with Crippen molar-refractivity contribution in [3.05, 3.63) is 74.8 Å². The van der Waals surface area contributed by atoms with Crippen molar-refractivity contribution in [1.82, 2.24) is 10.2 Å². The summed E-state index contributed by atoms with van der Waals surface area (Å²) < 4.78 is 0. The number of amides is 1. The summed E-state index contributed by atoms with van der Waals surface area (Å²) in [7, 11) is 3.82. The SMILES string of the molecule is CN(C)C(CNC(=O)c1ccc([N+](=O)[O-])cc1)c1ccccc1Cl. The summed E-state index contributed by atoms with van der Waals surface area (Å²) in [6, 6.07) is 12.9. The highest BCUT2D eigenvalue weighted by molar-refractivity contribution is 6.31. The van der Waals surface area contributed by atoms with Gasteiger partial charge < -0.3 is 10.2 Å². The van der Waals surface area contributed by atoms with Gasteiger partial charge in [-0.2, -0.15) is 0 Å². The third-order valence-corrected chi connectivity index (χ3v) is 4.03. The van der Waals surface area contributed by atoms with Gasteiger partial charge in [0.25, 0.3) is 11.6 Å². The third kappa shape index (κ3) is 4.31. The van der Waals surface area contributed by atoms with E-state index in [-0.39, 0.29) is 17.6 Å². The molecule has 0 bridgehead atoms. The molecule has 1 atom stereocenters. The lowest BCUT2D eigenvalue weighted by Gasteiger charge is -2.26. The second-order valence-electron chi connectivity index (χ2n) is 5.51. The van der Waals surface area contributed by atoms with Crippen LogP contribution in [0.2, 0.25) is 5.02 Å². The van der Waals surface area contributed by atoms with Crippen LogP contribution in [-0.4, -0.2) is 36.4 Å². The van der Waals surface area contributed by atoms with Crippen LogP contribution in [0.25, 0.3) is 0 Å². The minimum atomic E-state index is -0.499. The number of rotatable bonds is 6. The number of nitro benzene ring substituents is 1. The molecule has 0 fully saturated rings. The molecule has 0 aliphatic carbocycles. The molecule has 1 N–H and O–H groups in total. The van der Waals surface area contributed by atoms with Gasteiger partial charge in [-0.05, 0) is 37.9 Å². The molecule has 0 radical (unpaired) electrons. The predicted octanol–water partition coefficient (Wildman–Crippen LogP) is 3.28. The third-order valence-electron chi connectivity index (χ3n) is 3.68. The summed E-state index contributed by atoms with van der Waals surface area (Å²) in [6.07, 6.45) is 0. The van der Waals surface area contributed by atoms with Gasteiger partial charge in [-0.1, -0.05) is 29.8 Å². The van der Waals surface area contributed by atoms with Crippen molar-refractivity contribution < 1.29 is 9.72 Å². The fourth-order valence-corrected chi connectivity index (χ4v) is 2.60. The molecule has 0 aliphatic heterocycles. The van der Waals surface area contributed by atoms with Crippen LogP contribution in [0.1, 0.15) is 22.0 Å². The lowest BCUT2D eigenvalue weighted by molar-refractivity contribution is -0.384. The van der Waals surface area contributed by atoms with Crippen molar-refractivity contribution in [3.63, 3.8) is 0 Å². The normalized spacial score (nSPS) is 12.0. The largest absolute Gasteiger partial charge is 0.350 e. The van der Waals surface area contributed by atoms with Crippen molar-refractivity contribution >= 4 is 23.2 Å². The Kier molecular flexibility index (Phi) is 5.89. The van der Waals surface area contributed by atoms with Crippen LogP contribution in [0, 0.1) is 10.1 Å². The van der Waals surface area contributed by atoms with E-state index in [0.29, 0.717) is 17.1 Å². The molecule has 0 aliphatic rings. The Labute approximate surface area is 145 Å². The van der Waals surface area contributed by atoms with E-state index in [4.69, 9.17) is 11.6 Å². The molecule has 1 unspecified atom stereocenters. The van der Waals surface area contributed by atoms with Gasteiger partial charge in [-0.15, -0.1) is 0 Å². The summed E-state index contributed by atoms with van der Waals surface area (Å²) in [5, 5.41) is 14.1. The van der Waals surface area contributed by atoms with E-state index in [9.17, 15) is 14.9 Å². The Balaban J connectivity index is 2.08. The van der Waals surface area contributed by atoms with Gasteiger partial charge in [0.2, 0.25) is 0 Å². The molecule has 0 spiro atoms. The fraction of sp³-hybridized carbons (Fsp3) is 0.235. The minimum Gasteiger partial charge on any atom is -0.350 e. The van der Waals surface area contributed by atoms with E-state index in [2.05, 4.69) is 5.32 Å². The minimum absolute atomic E-state index is 0.0474. The quantitative estimate of drug-likeness (QED) is 0.642. The van der Waals surface area contributed by atoms with Crippen molar-refractivity contribution in [2.45, 2.75) is 6.04 Å². The molecule has 0 heterocycles. The number of carbonyl (C=O) groups is 1. The van der Waals surface area contributed by atoms with E-state index in [1.165, 1.54) is 24.3 Å². The molecule has 1 amide bonds. The molecule has 0 saturated carbocycles.